The second kappa shape index (κ2) is 8.81. The SMILES string of the molecule is COc1c(Br)cc(Br)c(C[C@@H]2N(C)C(=O)[C@@H]3CCC[N@+]23C)c1Br.F[B-](F)(F)F. The average molecular weight is 599 g/mol. The van der Waals surface area contributed by atoms with Crippen LogP contribution >= 0.6 is 47.8 Å². The van der Waals surface area contributed by atoms with Gasteiger partial charge in [-0.3, -0.25) is 14.2 Å². The fourth-order valence-electron chi connectivity index (χ4n) is 4.10. The Bertz CT molecular complexity index is 762. The minimum absolute atomic E-state index is 0.125. The quantitative estimate of drug-likeness (QED) is 0.271. The number of likely N-dealkylation sites (N-methyl/N-ethyl adjacent to an activating group) is 2. The van der Waals surface area contributed by atoms with Crippen LogP contribution in [0, 0.1) is 0 Å². The summed E-state index contributed by atoms with van der Waals surface area (Å²) < 4.78 is 48.2. The zero-order chi connectivity index (χ0) is 21.4. The zero-order valence-electron chi connectivity index (χ0n) is 15.5. The molecule has 0 unspecified atom stereocenters. The first-order valence-corrected chi connectivity index (χ1v) is 10.9. The molecule has 0 N–H and O–H groups in total. The highest BCUT2D eigenvalue weighted by Gasteiger charge is 2.57. The summed E-state index contributed by atoms with van der Waals surface area (Å²) in [4.78, 5) is 14.5. The van der Waals surface area contributed by atoms with Gasteiger partial charge in [0.2, 0.25) is 0 Å². The molecule has 0 spiro atoms. The van der Waals surface area contributed by atoms with Gasteiger partial charge in [-0.1, -0.05) is 15.9 Å². The van der Waals surface area contributed by atoms with Crippen molar-refractivity contribution >= 4 is 61.0 Å². The van der Waals surface area contributed by atoms with Crippen LogP contribution in [0.25, 0.3) is 0 Å². The van der Waals surface area contributed by atoms with Gasteiger partial charge in [0.05, 0.1) is 29.6 Å². The number of nitrogens with zero attached hydrogens (tertiary/aromatic N) is 2. The highest BCUT2D eigenvalue weighted by Crippen LogP contribution is 2.44. The molecule has 2 aliphatic rings. The van der Waals surface area contributed by atoms with E-state index in [1.54, 1.807) is 7.11 Å². The van der Waals surface area contributed by atoms with Crippen LogP contribution in [0.3, 0.4) is 0 Å². The molecule has 0 aromatic heterocycles. The van der Waals surface area contributed by atoms with E-state index in [9.17, 15) is 22.1 Å². The van der Waals surface area contributed by atoms with Crippen LogP contribution in [0.2, 0.25) is 0 Å². The van der Waals surface area contributed by atoms with Crippen molar-refractivity contribution < 1.29 is 31.3 Å². The normalized spacial score (nSPS) is 26.8. The molecule has 12 heteroatoms. The minimum atomic E-state index is -6.00. The lowest BCUT2D eigenvalue weighted by molar-refractivity contribution is -0.933. The monoisotopic (exact) mass is 596 g/mol. The Kier molecular flexibility index (Phi) is 7.54. The van der Waals surface area contributed by atoms with E-state index in [2.05, 4.69) is 54.8 Å². The summed E-state index contributed by atoms with van der Waals surface area (Å²) in [6.45, 7) is 1.06. The van der Waals surface area contributed by atoms with Crippen molar-refractivity contribution in [2.75, 3.05) is 27.7 Å². The van der Waals surface area contributed by atoms with Crippen molar-refractivity contribution in [2.45, 2.75) is 31.5 Å². The van der Waals surface area contributed by atoms with Crippen molar-refractivity contribution in [3.63, 3.8) is 0 Å². The number of carbonyl (C=O) groups is 1. The van der Waals surface area contributed by atoms with Crippen LogP contribution in [0.5, 0.6) is 5.75 Å². The van der Waals surface area contributed by atoms with Gasteiger partial charge in [-0.2, -0.15) is 0 Å². The van der Waals surface area contributed by atoms with Gasteiger partial charge in [0.25, 0.3) is 5.91 Å². The molecule has 0 aliphatic carbocycles. The Hall–Kier alpha value is -0.325. The third-order valence-corrected chi connectivity index (χ3v) is 7.54. The highest BCUT2D eigenvalue weighted by atomic mass is 79.9. The zero-order valence-corrected chi connectivity index (χ0v) is 20.3. The molecule has 28 heavy (non-hydrogen) atoms. The molecule has 2 heterocycles. The lowest BCUT2D eigenvalue weighted by Gasteiger charge is -2.36. The summed E-state index contributed by atoms with van der Waals surface area (Å²) in [6.07, 6.45) is 3.08. The Labute approximate surface area is 186 Å². The molecular formula is C16H20BBr3F4N2O2. The van der Waals surface area contributed by atoms with Gasteiger partial charge in [-0.25, -0.2) is 0 Å². The fraction of sp³-hybridized carbons (Fsp3) is 0.562. The van der Waals surface area contributed by atoms with Crippen LogP contribution in [0.1, 0.15) is 18.4 Å². The third kappa shape index (κ3) is 4.87. The number of ether oxygens (including phenoxy) is 1. The van der Waals surface area contributed by atoms with Crippen LogP contribution in [-0.2, 0) is 11.2 Å². The second-order valence-electron chi connectivity index (χ2n) is 7.02. The maximum absolute atomic E-state index is 12.6. The number of amides is 1. The second-order valence-corrected chi connectivity index (χ2v) is 9.52. The van der Waals surface area contributed by atoms with E-state index < -0.39 is 7.25 Å². The predicted octanol–water partition coefficient (Wildman–Crippen LogP) is 5.23. The average Bonchev–Trinajstić information content (AvgIpc) is 3.01. The van der Waals surface area contributed by atoms with Crippen LogP contribution in [0.15, 0.2) is 19.5 Å². The topological polar surface area (TPSA) is 29.5 Å². The summed E-state index contributed by atoms with van der Waals surface area (Å²) in [5, 5.41) is 0. The molecule has 3 rings (SSSR count). The first kappa shape index (κ1) is 23.9. The third-order valence-electron chi connectivity index (χ3n) is 5.40. The summed E-state index contributed by atoms with van der Waals surface area (Å²) in [5.41, 5.74) is 1.14. The maximum Gasteiger partial charge on any atom is 0.673 e. The van der Waals surface area contributed by atoms with Crippen molar-refractivity contribution in [3.05, 3.63) is 25.0 Å². The van der Waals surface area contributed by atoms with E-state index in [1.165, 1.54) is 0 Å². The molecule has 1 amide bonds. The van der Waals surface area contributed by atoms with Gasteiger partial charge in [-0.05, 0) is 43.5 Å². The van der Waals surface area contributed by atoms with Gasteiger partial charge in [0, 0.05) is 30.8 Å². The fourth-order valence-corrected chi connectivity index (χ4v) is 6.87. The first-order valence-electron chi connectivity index (χ1n) is 8.50. The van der Waals surface area contributed by atoms with Crippen molar-refractivity contribution in [1.82, 2.24) is 4.90 Å². The smallest absolute Gasteiger partial charge is 0.494 e. The van der Waals surface area contributed by atoms with Crippen LogP contribution < -0.4 is 4.74 Å². The number of methoxy groups -OCH3 is 1. The Balaban J connectivity index is 0.000000500. The van der Waals surface area contributed by atoms with E-state index in [1.807, 2.05) is 18.0 Å². The summed E-state index contributed by atoms with van der Waals surface area (Å²) in [7, 11) is -0.174. The first-order chi connectivity index (χ1) is 12.8. The largest absolute Gasteiger partial charge is 0.673 e. The molecule has 1 aromatic carbocycles. The molecule has 0 radical (unpaired) electrons. The summed E-state index contributed by atoms with van der Waals surface area (Å²) in [5.74, 6) is 1.07. The summed E-state index contributed by atoms with van der Waals surface area (Å²) in [6, 6.07) is 2.14. The molecule has 2 saturated heterocycles. The molecule has 0 bridgehead atoms. The number of carbonyl (C=O) groups excluding carboxylic acids is 1. The summed E-state index contributed by atoms with van der Waals surface area (Å²) >= 11 is 10.9. The number of hydrogen-bond donors (Lipinski definition) is 0. The molecule has 0 saturated carbocycles. The van der Waals surface area contributed by atoms with Gasteiger partial charge in [0.15, 0.2) is 12.2 Å². The lowest BCUT2D eigenvalue weighted by atomic mass is 10.1. The molecule has 158 valence electrons. The van der Waals surface area contributed by atoms with Crippen molar-refractivity contribution in [2.24, 2.45) is 0 Å². The number of halogens is 7. The molecule has 3 atom stereocenters. The molecule has 2 fully saturated rings. The number of fused-ring (bicyclic) bond motifs is 1. The molecular weight excluding hydrogens is 579 g/mol. The Morgan fingerprint density at radius 3 is 2.36 bits per heavy atom. The standard InChI is InChI=1S/C16H20Br3N2O2.BF4/c1-20-13(21(2)6-4-5-12(21)16(20)22)7-9-10(17)8-11(18)15(23-3)14(9)19;2-1(3,4)5/h8,12-13H,4-7H2,1-3H3;/q+1;-1/t12-,13+,21-;/m0./s1. The van der Waals surface area contributed by atoms with Gasteiger partial charge in [0.1, 0.15) is 5.75 Å². The van der Waals surface area contributed by atoms with E-state index in [0.717, 1.165) is 55.0 Å². The number of rotatable bonds is 3. The number of quaternary nitrogens is 1. The highest BCUT2D eigenvalue weighted by molar-refractivity contribution is 9.11. The predicted molar refractivity (Wildman–Crippen MR) is 111 cm³/mol. The van der Waals surface area contributed by atoms with E-state index in [-0.39, 0.29) is 18.1 Å². The van der Waals surface area contributed by atoms with E-state index in [0.29, 0.717) is 0 Å². The van der Waals surface area contributed by atoms with Crippen molar-refractivity contribution in [1.29, 1.82) is 0 Å². The number of benzene rings is 1. The van der Waals surface area contributed by atoms with Crippen LogP contribution in [-0.4, -0.2) is 62.5 Å². The van der Waals surface area contributed by atoms with Gasteiger partial charge in [-0.15, -0.1) is 0 Å². The molecule has 4 nitrogen and oxygen atoms in total. The Morgan fingerprint density at radius 1 is 1.25 bits per heavy atom. The number of hydrogen-bond acceptors (Lipinski definition) is 2. The lowest BCUT2D eigenvalue weighted by Crippen LogP contribution is -2.53. The minimum Gasteiger partial charge on any atom is -0.494 e. The van der Waals surface area contributed by atoms with Crippen LogP contribution in [0.4, 0.5) is 17.3 Å². The molecule has 2 aliphatic heterocycles. The van der Waals surface area contributed by atoms with Gasteiger partial charge >= 0.3 is 7.25 Å². The van der Waals surface area contributed by atoms with Gasteiger partial charge < -0.3 is 22.0 Å². The van der Waals surface area contributed by atoms with E-state index >= 15 is 0 Å². The van der Waals surface area contributed by atoms with E-state index in [4.69, 9.17) is 4.74 Å². The molecule has 1 aromatic rings. The Morgan fingerprint density at radius 2 is 1.82 bits per heavy atom. The maximum atomic E-state index is 12.6. The van der Waals surface area contributed by atoms with Crippen molar-refractivity contribution in [3.8, 4) is 5.75 Å².